The number of rotatable bonds is 6. The molecule has 2 aromatic carbocycles. The van der Waals surface area contributed by atoms with E-state index < -0.39 is 0 Å². The molecule has 1 aliphatic heterocycles. The molecule has 4 heteroatoms. The number of anilines is 1. The Bertz CT molecular complexity index is 775. The lowest BCUT2D eigenvalue weighted by Crippen LogP contribution is -2.45. The minimum Gasteiger partial charge on any atom is -0.371 e. The number of nitrogens with zero attached hydrogens (tertiary/aromatic N) is 1. The molecule has 29 heavy (non-hydrogen) atoms. The van der Waals surface area contributed by atoms with Gasteiger partial charge in [0.2, 0.25) is 0 Å². The topological polar surface area (TPSA) is 44.4 Å². The van der Waals surface area contributed by atoms with Crippen LogP contribution in [0.25, 0.3) is 0 Å². The first-order chi connectivity index (χ1) is 14.2. The fraction of sp³-hybridized carbons (Fsp3) is 0.480. The molecule has 154 valence electrons. The first-order valence-corrected chi connectivity index (χ1v) is 11.2. The van der Waals surface area contributed by atoms with Gasteiger partial charge < -0.3 is 15.5 Å². The van der Waals surface area contributed by atoms with Crippen LogP contribution in [0.5, 0.6) is 0 Å². The number of nitrogens with one attached hydrogen (secondary N) is 2. The summed E-state index contributed by atoms with van der Waals surface area (Å²) in [4.78, 5) is 15.0. The highest BCUT2D eigenvalue weighted by atomic mass is 16.1. The Labute approximate surface area is 174 Å². The Morgan fingerprint density at radius 3 is 2.17 bits per heavy atom. The van der Waals surface area contributed by atoms with Crippen molar-refractivity contribution in [1.29, 1.82) is 0 Å². The lowest BCUT2D eigenvalue weighted by atomic mass is 10.0. The number of carbonyl (C=O) groups is 1. The van der Waals surface area contributed by atoms with E-state index in [1.807, 2.05) is 49.4 Å². The Hall–Kier alpha value is -2.33. The van der Waals surface area contributed by atoms with Gasteiger partial charge in [0.15, 0.2) is 0 Å². The molecule has 0 bridgehead atoms. The SMILES string of the molecule is C[C@H](NC(=O)c1ccc(N2CCC(NC3CCCC3)CC2)cc1)c1ccccc1. The van der Waals surface area contributed by atoms with Crippen LogP contribution >= 0.6 is 0 Å². The summed E-state index contributed by atoms with van der Waals surface area (Å²) < 4.78 is 0. The number of carbonyl (C=O) groups excluding carboxylic acids is 1. The normalized spacial score (nSPS) is 19.3. The van der Waals surface area contributed by atoms with E-state index in [1.54, 1.807) is 0 Å². The fourth-order valence-corrected chi connectivity index (χ4v) is 4.66. The Balaban J connectivity index is 1.28. The minimum atomic E-state index is -0.0209. The molecule has 1 saturated carbocycles. The van der Waals surface area contributed by atoms with Crippen molar-refractivity contribution < 1.29 is 4.79 Å². The molecule has 0 aromatic heterocycles. The van der Waals surface area contributed by atoms with Crippen LogP contribution in [0.2, 0.25) is 0 Å². The quantitative estimate of drug-likeness (QED) is 0.752. The number of piperidine rings is 1. The average Bonchev–Trinajstić information content (AvgIpc) is 3.28. The lowest BCUT2D eigenvalue weighted by Gasteiger charge is -2.35. The van der Waals surface area contributed by atoms with Crippen LogP contribution in [0, 0.1) is 0 Å². The number of benzene rings is 2. The summed E-state index contributed by atoms with van der Waals surface area (Å²) in [7, 11) is 0. The highest BCUT2D eigenvalue weighted by Crippen LogP contribution is 2.24. The van der Waals surface area contributed by atoms with Crippen molar-refractivity contribution in [2.45, 2.75) is 63.6 Å². The van der Waals surface area contributed by atoms with E-state index in [0.717, 1.165) is 24.7 Å². The molecular formula is C25H33N3O. The van der Waals surface area contributed by atoms with Crippen LogP contribution in [-0.2, 0) is 0 Å². The summed E-state index contributed by atoms with van der Waals surface area (Å²) in [5, 5.41) is 6.96. The summed E-state index contributed by atoms with van der Waals surface area (Å²) in [6.07, 6.45) is 7.89. The number of amides is 1. The second-order valence-corrected chi connectivity index (χ2v) is 8.56. The maximum absolute atomic E-state index is 12.6. The predicted molar refractivity (Wildman–Crippen MR) is 119 cm³/mol. The summed E-state index contributed by atoms with van der Waals surface area (Å²) in [5.74, 6) is -0.0209. The molecule has 1 aliphatic carbocycles. The highest BCUT2D eigenvalue weighted by molar-refractivity contribution is 5.94. The van der Waals surface area contributed by atoms with Gasteiger partial charge in [-0.25, -0.2) is 0 Å². The first-order valence-electron chi connectivity index (χ1n) is 11.2. The molecule has 2 aromatic rings. The lowest BCUT2D eigenvalue weighted by molar-refractivity contribution is 0.0940. The molecule has 4 nitrogen and oxygen atoms in total. The molecule has 1 atom stereocenters. The van der Waals surface area contributed by atoms with Gasteiger partial charge >= 0.3 is 0 Å². The van der Waals surface area contributed by atoms with Crippen LogP contribution in [0.1, 0.15) is 67.4 Å². The molecule has 1 amide bonds. The smallest absolute Gasteiger partial charge is 0.251 e. The van der Waals surface area contributed by atoms with Crippen LogP contribution in [0.3, 0.4) is 0 Å². The third-order valence-corrected chi connectivity index (χ3v) is 6.46. The summed E-state index contributed by atoms with van der Waals surface area (Å²) in [5.41, 5.74) is 3.05. The monoisotopic (exact) mass is 391 g/mol. The summed E-state index contributed by atoms with van der Waals surface area (Å²) in [6, 6.07) is 19.6. The van der Waals surface area contributed by atoms with E-state index in [4.69, 9.17) is 0 Å². The maximum atomic E-state index is 12.6. The summed E-state index contributed by atoms with van der Waals surface area (Å²) >= 11 is 0. The average molecular weight is 392 g/mol. The van der Waals surface area contributed by atoms with E-state index in [2.05, 4.69) is 27.7 Å². The van der Waals surface area contributed by atoms with Gasteiger partial charge in [-0.1, -0.05) is 43.2 Å². The second kappa shape index (κ2) is 9.45. The third kappa shape index (κ3) is 5.18. The van der Waals surface area contributed by atoms with Crippen molar-refractivity contribution in [3.63, 3.8) is 0 Å². The van der Waals surface area contributed by atoms with Gasteiger partial charge in [-0.05, 0) is 62.4 Å². The van der Waals surface area contributed by atoms with Crippen LogP contribution in [0.4, 0.5) is 5.69 Å². The van der Waals surface area contributed by atoms with Gasteiger partial charge in [0.25, 0.3) is 5.91 Å². The van der Waals surface area contributed by atoms with Gasteiger partial charge in [-0.15, -0.1) is 0 Å². The van der Waals surface area contributed by atoms with Gasteiger partial charge in [-0.2, -0.15) is 0 Å². The number of hydrogen-bond donors (Lipinski definition) is 2. The van der Waals surface area contributed by atoms with Crippen molar-refractivity contribution in [2.24, 2.45) is 0 Å². The Morgan fingerprint density at radius 2 is 1.52 bits per heavy atom. The van der Waals surface area contributed by atoms with Gasteiger partial charge in [-0.3, -0.25) is 4.79 Å². The molecule has 1 saturated heterocycles. The van der Waals surface area contributed by atoms with Gasteiger partial charge in [0.05, 0.1) is 6.04 Å². The highest BCUT2D eigenvalue weighted by Gasteiger charge is 2.23. The van der Waals surface area contributed by atoms with E-state index >= 15 is 0 Å². The zero-order chi connectivity index (χ0) is 20.1. The summed E-state index contributed by atoms with van der Waals surface area (Å²) in [6.45, 7) is 4.19. The molecular weight excluding hydrogens is 358 g/mol. The van der Waals surface area contributed by atoms with Gasteiger partial charge in [0, 0.05) is 36.4 Å². The zero-order valence-corrected chi connectivity index (χ0v) is 17.4. The standard InChI is InChI=1S/C25H33N3O/c1-19(20-7-3-2-4-8-20)26-25(29)21-11-13-24(14-12-21)28-17-15-23(16-18-28)27-22-9-5-6-10-22/h2-4,7-8,11-14,19,22-23,27H,5-6,9-10,15-18H2,1H3,(H,26,29)/t19-/m0/s1. The van der Waals surface area contributed by atoms with Crippen LogP contribution in [-0.4, -0.2) is 31.1 Å². The van der Waals surface area contributed by atoms with Crippen molar-refractivity contribution in [3.8, 4) is 0 Å². The van der Waals surface area contributed by atoms with E-state index in [9.17, 15) is 4.79 Å². The second-order valence-electron chi connectivity index (χ2n) is 8.56. The third-order valence-electron chi connectivity index (χ3n) is 6.46. The van der Waals surface area contributed by atoms with Crippen molar-refractivity contribution in [3.05, 3.63) is 65.7 Å². The van der Waals surface area contributed by atoms with Crippen molar-refractivity contribution >= 4 is 11.6 Å². The fourth-order valence-electron chi connectivity index (χ4n) is 4.66. The molecule has 0 radical (unpaired) electrons. The number of hydrogen-bond acceptors (Lipinski definition) is 3. The molecule has 0 unspecified atom stereocenters. The van der Waals surface area contributed by atoms with Crippen molar-refractivity contribution in [1.82, 2.24) is 10.6 Å². The Morgan fingerprint density at radius 1 is 0.897 bits per heavy atom. The largest absolute Gasteiger partial charge is 0.371 e. The molecule has 1 heterocycles. The van der Waals surface area contributed by atoms with E-state index in [1.165, 1.54) is 44.2 Å². The van der Waals surface area contributed by atoms with E-state index in [0.29, 0.717) is 11.6 Å². The van der Waals surface area contributed by atoms with Crippen LogP contribution in [0.15, 0.2) is 54.6 Å². The minimum absolute atomic E-state index is 0.00484. The molecule has 2 N–H and O–H groups in total. The Kier molecular flexibility index (Phi) is 6.50. The van der Waals surface area contributed by atoms with Crippen molar-refractivity contribution in [2.75, 3.05) is 18.0 Å². The maximum Gasteiger partial charge on any atom is 0.251 e. The molecule has 2 fully saturated rings. The first kappa shape index (κ1) is 20.0. The molecule has 2 aliphatic rings. The van der Waals surface area contributed by atoms with Gasteiger partial charge in [0.1, 0.15) is 0 Å². The zero-order valence-electron chi connectivity index (χ0n) is 17.4. The predicted octanol–water partition coefficient (Wildman–Crippen LogP) is 4.68. The molecule has 0 spiro atoms. The van der Waals surface area contributed by atoms with E-state index in [-0.39, 0.29) is 11.9 Å². The van der Waals surface area contributed by atoms with Crippen LogP contribution < -0.4 is 15.5 Å². The molecule has 4 rings (SSSR count).